The topological polar surface area (TPSA) is 95.5 Å². The average Bonchev–Trinajstić information content (AvgIpc) is 2.66. The molecule has 0 saturated heterocycles. The second kappa shape index (κ2) is 10.2. The predicted octanol–water partition coefficient (Wildman–Crippen LogP) is 2.43. The fourth-order valence-electron chi connectivity index (χ4n) is 3.02. The minimum Gasteiger partial charge on any atom is -0.475 e. The van der Waals surface area contributed by atoms with Crippen LogP contribution < -0.4 is 14.8 Å². The highest BCUT2D eigenvalue weighted by atomic mass is 19.1. The van der Waals surface area contributed by atoms with E-state index in [0.717, 1.165) is 19.2 Å². The number of carbonyl (C=O) groups is 1. The Morgan fingerprint density at radius 2 is 1.97 bits per heavy atom. The Morgan fingerprint density at radius 1 is 1.23 bits per heavy atom. The zero-order chi connectivity index (χ0) is 21.5. The summed E-state index contributed by atoms with van der Waals surface area (Å²) in [4.78, 5) is 22.5. The third kappa shape index (κ3) is 6.31. The summed E-state index contributed by atoms with van der Waals surface area (Å²) in [6.45, 7) is 3.94. The number of carbonyl (C=O) groups excluding carboxylic acids is 1. The minimum atomic E-state index is -0.815. The maximum Gasteiger partial charge on any atom is 0.258 e. The van der Waals surface area contributed by atoms with E-state index in [1.54, 1.807) is 0 Å². The van der Waals surface area contributed by atoms with E-state index in [9.17, 15) is 13.6 Å². The maximum atomic E-state index is 14.5. The molecule has 1 amide bonds. The number of pyridine rings is 1. The molecule has 2 heterocycles. The van der Waals surface area contributed by atoms with E-state index in [2.05, 4.69) is 20.3 Å². The minimum absolute atomic E-state index is 0.0473. The molecule has 2 aromatic heterocycles. The summed E-state index contributed by atoms with van der Waals surface area (Å²) in [7, 11) is 0. The van der Waals surface area contributed by atoms with Gasteiger partial charge in [0.15, 0.2) is 0 Å². The van der Waals surface area contributed by atoms with Gasteiger partial charge in [-0.15, -0.1) is 0 Å². The number of nitrogens with one attached hydrogen (secondary N) is 1. The molecular weight excluding hydrogens is 398 g/mol. The summed E-state index contributed by atoms with van der Waals surface area (Å²) in [6, 6.07) is 2.36. The summed E-state index contributed by atoms with van der Waals surface area (Å²) in [5.74, 6) is -1.62. The normalized spacial score (nSPS) is 18.9. The van der Waals surface area contributed by atoms with Gasteiger partial charge in [0.1, 0.15) is 18.8 Å². The summed E-state index contributed by atoms with van der Waals surface area (Å²) in [5.41, 5.74) is 0.309. The molecule has 0 radical (unpaired) electrons. The van der Waals surface area contributed by atoms with Crippen molar-refractivity contribution in [3.05, 3.63) is 42.0 Å². The van der Waals surface area contributed by atoms with Crippen LogP contribution in [0.25, 0.3) is 0 Å². The second-order valence-corrected chi connectivity index (χ2v) is 7.26. The van der Waals surface area contributed by atoms with Crippen molar-refractivity contribution >= 4 is 5.91 Å². The van der Waals surface area contributed by atoms with Crippen LogP contribution in [-0.2, 0) is 16.1 Å². The van der Waals surface area contributed by atoms with Crippen LogP contribution in [0.5, 0.6) is 11.8 Å². The van der Waals surface area contributed by atoms with Crippen molar-refractivity contribution in [2.24, 2.45) is 5.92 Å². The van der Waals surface area contributed by atoms with Gasteiger partial charge in [0, 0.05) is 19.2 Å². The van der Waals surface area contributed by atoms with Crippen LogP contribution in [0.4, 0.5) is 8.78 Å². The first-order chi connectivity index (χ1) is 14.4. The summed E-state index contributed by atoms with van der Waals surface area (Å²) in [6.07, 6.45) is 4.11. The maximum absolute atomic E-state index is 14.5. The number of hydrogen-bond donors (Lipinski definition) is 1. The standard InChI is InChI=1S/C20H24F2N4O4/c1-12(26-13(2)27)8-28-17-5-14(6-17)9-29-19-18(22)20(25-11-24-19)30-10-16-7-15(21)3-4-23-16/h3-4,7,11-12,14,17H,5-6,8-10H2,1-2H3,(H,26,27)/t12-,14?,17?/m0/s1. The average molecular weight is 422 g/mol. The Hall–Kier alpha value is -2.88. The van der Waals surface area contributed by atoms with Gasteiger partial charge < -0.3 is 19.5 Å². The molecule has 30 heavy (non-hydrogen) atoms. The molecule has 3 rings (SSSR count). The number of nitrogens with zero attached hydrogens (tertiary/aromatic N) is 3. The number of halogens is 2. The van der Waals surface area contributed by atoms with Gasteiger partial charge in [0.2, 0.25) is 11.7 Å². The summed E-state index contributed by atoms with van der Waals surface area (Å²) < 4.78 is 44.2. The molecule has 0 bridgehead atoms. The van der Waals surface area contributed by atoms with Crippen LogP contribution in [0.3, 0.4) is 0 Å². The van der Waals surface area contributed by atoms with Crippen molar-refractivity contribution in [3.63, 3.8) is 0 Å². The van der Waals surface area contributed by atoms with Crippen molar-refractivity contribution in [2.75, 3.05) is 13.2 Å². The highest BCUT2D eigenvalue weighted by molar-refractivity contribution is 5.73. The first-order valence-electron chi connectivity index (χ1n) is 9.66. The largest absolute Gasteiger partial charge is 0.475 e. The molecule has 2 aromatic rings. The monoisotopic (exact) mass is 422 g/mol. The van der Waals surface area contributed by atoms with Gasteiger partial charge in [-0.3, -0.25) is 9.78 Å². The van der Waals surface area contributed by atoms with E-state index < -0.39 is 11.6 Å². The third-order valence-electron chi connectivity index (χ3n) is 4.54. The lowest BCUT2D eigenvalue weighted by atomic mass is 9.83. The number of ether oxygens (including phenoxy) is 3. The van der Waals surface area contributed by atoms with Gasteiger partial charge >= 0.3 is 0 Å². The lowest BCUT2D eigenvalue weighted by Crippen LogP contribution is -2.40. The molecule has 8 nitrogen and oxygen atoms in total. The summed E-state index contributed by atoms with van der Waals surface area (Å²) in [5, 5.41) is 2.76. The molecule has 1 aliphatic carbocycles. The Morgan fingerprint density at radius 3 is 2.67 bits per heavy atom. The third-order valence-corrected chi connectivity index (χ3v) is 4.54. The number of rotatable bonds is 10. The number of amides is 1. The van der Waals surface area contributed by atoms with Crippen molar-refractivity contribution < 1.29 is 27.8 Å². The smallest absolute Gasteiger partial charge is 0.258 e. The molecule has 1 atom stereocenters. The Kier molecular flexibility index (Phi) is 7.45. The number of aromatic nitrogens is 3. The van der Waals surface area contributed by atoms with E-state index in [0.29, 0.717) is 18.9 Å². The van der Waals surface area contributed by atoms with Gasteiger partial charge in [-0.2, -0.15) is 14.4 Å². The number of hydrogen-bond acceptors (Lipinski definition) is 7. The quantitative estimate of drug-likeness (QED) is 0.628. The molecule has 0 unspecified atom stereocenters. The highest BCUT2D eigenvalue weighted by Gasteiger charge is 2.31. The van der Waals surface area contributed by atoms with Crippen molar-refractivity contribution in [1.29, 1.82) is 0 Å². The Labute approximate surface area is 173 Å². The van der Waals surface area contributed by atoms with Crippen LogP contribution in [0, 0.1) is 17.6 Å². The first kappa shape index (κ1) is 21.8. The van der Waals surface area contributed by atoms with E-state index in [1.165, 1.54) is 25.3 Å². The molecule has 162 valence electrons. The highest BCUT2D eigenvalue weighted by Crippen LogP contribution is 2.31. The first-order valence-corrected chi connectivity index (χ1v) is 9.66. The zero-order valence-electron chi connectivity index (χ0n) is 16.8. The van der Waals surface area contributed by atoms with Gasteiger partial charge in [0.05, 0.1) is 25.0 Å². The van der Waals surface area contributed by atoms with E-state index in [1.807, 2.05) is 6.92 Å². The van der Waals surface area contributed by atoms with Crippen LogP contribution in [0.2, 0.25) is 0 Å². The molecule has 0 spiro atoms. The Bertz CT molecular complexity index is 864. The summed E-state index contributed by atoms with van der Waals surface area (Å²) >= 11 is 0. The predicted molar refractivity (Wildman–Crippen MR) is 102 cm³/mol. The van der Waals surface area contributed by atoms with Crippen LogP contribution in [0.15, 0.2) is 24.7 Å². The van der Waals surface area contributed by atoms with Crippen molar-refractivity contribution in [1.82, 2.24) is 20.3 Å². The fraction of sp³-hybridized carbons (Fsp3) is 0.500. The van der Waals surface area contributed by atoms with Crippen LogP contribution in [0.1, 0.15) is 32.4 Å². The van der Waals surface area contributed by atoms with Gasteiger partial charge in [-0.25, -0.2) is 4.39 Å². The van der Waals surface area contributed by atoms with E-state index >= 15 is 0 Å². The fourth-order valence-corrected chi connectivity index (χ4v) is 3.02. The molecule has 1 N–H and O–H groups in total. The van der Waals surface area contributed by atoms with Gasteiger partial charge in [-0.05, 0) is 37.8 Å². The molecule has 1 saturated carbocycles. The molecule has 10 heteroatoms. The molecule has 1 aliphatic rings. The molecule has 0 aliphatic heterocycles. The second-order valence-electron chi connectivity index (χ2n) is 7.26. The lowest BCUT2D eigenvalue weighted by Gasteiger charge is -2.35. The van der Waals surface area contributed by atoms with Crippen LogP contribution >= 0.6 is 0 Å². The zero-order valence-corrected chi connectivity index (χ0v) is 16.8. The van der Waals surface area contributed by atoms with E-state index in [4.69, 9.17) is 14.2 Å². The Balaban J connectivity index is 1.41. The molecular formula is C20H24F2N4O4. The van der Waals surface area contributed by atoms with Gasteiger partial charge in [-0.1, -0.05) is 0 Å². The lowest BCUT2D eigenvalue weighted by molar-refractivity contribution is -0.120. The SMILES string of the molecule is CC(=O)N[C@@H](C)COC1CC(COc2ncnc(OCc3cc(F)ccn3)c2F)C1. The van der Waals surface area contributed by atoms with E-state index in [-0.39, 0.29) is 42.3 Å². The van der Waals surface area contributed by atoms with Gasteiger partial charge in [0.25, 0.3) is 11.8 Å². The van der Waals surface area contributed by atoms with Crippen molar-refractivity contribution in [3.8, 4) is 11.8 Å². The molecule has 0 aromatic carbocycles. The van der Waals surface area contributed by atoms with Crippen molar-refractivity contribution in [2.45, 2.75) is 45.4 Å². The molecule has 1 fully saturated rings. The van der Waals surface area contributed by atoms with Crippen LogP contribution in [-0.4, -0.2) is 46.2 Å².